The molecule has 0 aromatic carbocycles. The Morgan fingerprint density at radius 2 is 1.85 bits per heavy atom. The van der Waals surface area contributed by atoms with Gasteiger partial charge in [-0.25, -0.2) is 4.98 Å². The van der Waals surface area contributed by atoms with Gasteiger partial charge in [0.1, 0.15) is 5.82 Å². The van der Waals surface area contributed by atoms with Crippen LogP contribution < -0.4 is 4.90 Å². The summed E-state index contributed by atoms with van der Waals surface area (Å²) in [4.78, 5) is 9.59. The molecule has 0 unspecified atom stereocenters. The second-order valence-corrected chi connectivity index (χ2v) is 6.57. The summed E-state index contributed by atoms with van der Waals surface area (Å²) in [6.45, 7) is 12.8. The molecule has 1 aromatic heterocycles. The van der Waals surface area contributed by atoms with Crippen LogP contribution in [-0.2, 0) is 4.74 Å². The lowest BCUT2D eigenvalue weighted by molar-refractivity contribution is -0.131. The van der Waals surface area contributed by atoms with Gasteiger partial charge in [-0.3, -0.25) is 4.90 Å². The van der Waals surface area contributed by atoms with E-state index < -0.39 is 0 Å². The number of hydrogen-bond donors (Lipinski definition) is 0. The van der Waals surface area contributed by atoms with Crippen molar-refractivity contribution >= 4 is 5.82 Å². The quantitative estimate of drug-likeness (QED) is 0.845. The van der Waals surface area contributed by atoms with Crippen LogP contribution in [-0.4, -0.2) is 54.8 Å². The maximum atomic E-state index is 5.37. The van der Waals surface area contributed by atoms with E-state index in [0.717, 1.165) is 45.2 Å². The van der Waals surface area contributed by atoms with Crippen LogP contribution in [0.1, 0.15) is 32.3 Å². The van der Waals surface area contributed by atoms with Gasteiger partial charge in [-0.1, -0.05) is 19.9 Å². The summed E-state index contributed by atoms with van der Waals surface area (Å²) in [5, 5.41) is 0. The fourth-order valence-corrected chi connectivity index (χ4v) is 2.98. The zero-order valence-corrected chi connectivity index (χ0v) is 12.8. The second-order valence-electron chi connectivity index (χ2n) is 6.57. The molecule has 0 amide bonds. The van der Waals surface area contributed by atoms with Crippen LogP contribution in [0.4, 0.5) is 5.82 Å². The van der Waals surface area contributed by atoms with Crippen molar-refractivity contribution in [1.82, 2.24) is 9.88 Å². The molecule has 3 heterocycles. The highest BCUT2D eigenvalue weighted by Crippen LogP contribution is 2.26. The van der Waals surface area contributed by atoms with Crippen molar-refractivity contribution in [2.45, 2.75) is 32.2 Å². The highest BCUT2D eigenvalue weighted by Gasteiger charge is 2.40. The first-order valence-electron chi connectivity index (χ1n) is 7.62. The third-order valence-electron chi connectivity index (χ3n) is 4.63. The van der Waals surface area contributed by atoms with Gasteiger partial charge in [-0.2, -0.15) is 0 Å². The Bertz CT molecular complexity index is 445. The van der Waals surface area contributed by atoms with Crippen LogP contribution >= 0.6 is 0 Å². The number of piperazine rings is 1. The average molecular weight is 275 g/mol. The number of pyridine rings is 1. The van der Waals surface area contributed by atoms with E-state index in [1.807, 2.05) is 6.20 Å². The Hall–Kier alpha value is -1.13. The summed E-state index contributed by atoms with van der Waals surface area (Å²) < 4.78 is 5.37. The van der Waals surface area contributed by atoms with Crippen LogP contribution in [0.3, 0.4) is 0 Å². The lowest BCUT2D eigenvalue weighted by atomic mass is 9.97. The monoisotopic (exact) mass is 275 g/mol. The van der Waals surface area contributed by atoms with Gasteiger partial charge in [0.15, 0.2) is 0 Å². The normalized spacial score (nSPS) is 22.9. The van der Waals surface area contributed by atoms with E-state index in [4.69, 9.17) is 4.74 Å². The van der Waals surface area contributed by atoms with E-state index >= 15 is 0 Å². The van der Waals surface area contributed by atoms with Crippen molar-refractivity contribution < 1.29 is 4.74 Å². The van der Waals surface area contributed by atoms with Crippen molar-refractivity contribution in [3.05, 3.63) is 23.9 Å². The van der Waals surface area contributed by atoms with E-state index in [-0.39, 0.29) is 5.54 Å². The summed E-state index contributed by atoms with van der Waals surface area (Å²) in [6, 6.07) is 4.37. The highest BCUT2D eigenvalue weighted by molar-refractivity contribution is 5.40. The average Bonchev–Trinajstić information content (AvgIpc) is 2.45. The largest absolute Gasteiger partial charge is 0.377 e. The van der Waals surface area contributed by atoms with E-state index in [1.165, 1.54) is 5.56 Å². The van der Waals surface area contributed by atoms with Crippen molar-refractivity contribution in [2.75, 3.05) is 44.3 Å². The summed E-state index contributed by atoms with van der Waals surface area (Å²) >= 11 is 0. The Balaban J connectivity index is 1.60. The Kier molecular flexibility index (Phi) is 3.69. The molecule has 2 fully saturated rings. The van der Waals surface area contributed by atoms with Crippen LogP contribution in [0.15, 0.2) is 18.3 Å². The van der Waals surface area contributed by atoms with Gasteiger partial charge in [0, 0.05) is 32.4 Å². The Labute approximate surface area is 121 Å². The predicted molar refractivity (Wildman–Crippen MR) is 81.3 cm³/mol. The Morgan fingerprint density at radius 1 is 1.15 bits per heavy atom. The van der Waals surface area contributed by atoms with Crippen molar-refractivity contribution in [3.8, 4) is 0 Å². The molecule has 0 spiro atoms. The third kappa shape index (κ3) is 2.54. The smallest absolute Gasteiger partial charge is 0.128 e. The first-order chi connectivity index (χ1) is 9.58. The van der Waals surface area contributed by atoms with Gasteiger partial charge in [-0.05, 0) is 24.5 Å². The SMILES string of the molecule is CC(C)c1ccc(N2CCN(C3(C)COC3)CC2)nc1. The molecular weight excluding hydrogens is 250 g/mol. The molecular formula is C16H25N3O. The maximum absolute atomic E-state index is 5.37. The number of ether oxygens (including phenoxy) is 1. The molecule has 2 aliphatic heterocycles. The van der Waals surface area contributed by atoms with E-state index in [9.17, 15) is 0 Å². The third-order valence-corrected chi connectivity index (χ3v) is 4.63. The summed E-state index contributed by atoms with van der Waals surface area (Å²) in [6.07, 6.45) is 2.02. The molecule has 0 bridgehead atoms. The van der Waals surface area contributed by atoms with Crippen molar-refractivity contribution in [1.29, 1.82) is 0 Å². The van der Waals surface area contributed by atoms with Crippen LogP contribution in [0.25, 0.3) is 0 Å². The van der Waals surface area contributed by atoms with Crippen molar-refractivity contribution in [3.63, 3.8) is 0 Å². The number of aromatic nitrogens is 1. The molecule has 4 heteroatoms. The molecule has 2 aliphatic rings. The number of anilines is 1. The first-order valence-corrected chi connectivity index (χ1v) is 7.62. The fourth-order valence-electron chi connectivity index (χ4n) is 2.98. The number of rotatable bonds is 3. The minimum Gasteiger partial charge on any atom is -0.377 e. The Morgan fingerprint density at radius 3 is 2.30 bits per heavy atom. The molecule has 4 nitrogen and oxygen atoms in total. The predicted octanol–water partition coefficient (Wildman–Crippen LogP) is 2.12. The lowest BCUT2D eigenvalue weighted by Gasteiger charge is -2.50. The fraction of sp³-hybridized carbons (Fsp3) is 0.688. The molecule has 110 valence electrons. The van der Waals surface area contributed by atoms with Crippen LogP contribution in [0.5, 0.6) is 0 Å². The molecule has 0 atom stereocenters. The minimum absolute atomic E-state index is 0.279. The molecule has 3 rings (SSSR count). The molecule has 2 saturated heterocycles. The highest BCUT2D eigenvalue weighted by atomic mass is 16.5. The van der Waals surface area contributed by atoms with Gasteiger partial charge >= 0.3 is 0 Å². The van der Waals surface area contributed by atoms with Gasteiger partial charge < -0.3 is 9.64 Å². The zero-order valence-electron chi connectivity index (χ0n) is 12.8. The number of hydrogen-bond acceptors (Lipinski definition) is 4. The topological polar surface area (TPSA) is 28.6 Å². The maximum Gasteiger partial charge on any atom is 0.128 e. The first kappa shape index (κ1) is 13.8. The zero-order chi connectivity index (χ0) is 14.2. The van der Waals surface area contributed by atoms with Crippen LogP contribution in [0, 0.1) is 0 Å². The van der Waals surface area contributed by atoms with E-state index in [2.05, 4.69) is 47.7 Å². The molecule has 1 aromatic rings. The van der Waals surface area contributed by atoms with Crippen LogP contribution in [0.2, 0.25) is 0 Å². The summed E-state index contributed by atoms with van der Waals surface area (Å²) in [7, 11) is 0. The standard InChI is InChI=1S/C16H25N3O/c1-13(2)14-4-5-15(17-10-14)18-6-8-19(9-7-18)16(3)11-20-12-16/h4-5,10,13H,6-9,11-12H2,1-3H3. The van der Waals surface area contributed by atoms with Gasteiger partial charge in [0.2, 0.25) is 0 Å². The van der Waals surface area contributed by atoms with Gasteiger partial charge in [-0.15, -0.1) is 0 Å². The molecule has 0 aliphatic carbocycles. The number of nitrogens with zero attached hydrogens (tertiary/aromatic N) is 3. The van der Waals surface area contributed by atoms with Gasteiger partial charge in [0.05, 0.1) is 18.8 Å². The summed E-state index contributed by atoms with van der Waals surface area (Å²) in [5.41, 5.74) is 1.59. The van der Waals surface area contributed by atoms with Crippen molar-refractivity contribution in [2.24, 2.45) is 0 Å². The van der Waals surface area contributed by atoms with Gasteiger partial charge in [0.25, 0.3) is 0 Å². The summed E-state index contributed by atoms with van der Waals surface area (Å²) in [5.74, 6) is 1.66. The molecule has 0 N–H and O–H groups in total. The van der Waals surface area contributed by atoms with E-state index in [0.29, 0.717) is 5.92 Å². The molecule has 0 radical (unpaired) electrons. The molecule has 20 heavy (non-hydrogen) atoms. The lowest BCUT2D eigenvalue weighted by Crippen LogP contribution is -2.64. The second kappa shape index (κ2) is 5.34. The minimum atomic E-state index is 0.279. The molecule has 0 saturated carbocycles. The van der Waals surface area contributed by atoms with E-state index in [1.54, 1.807) is 0 Å².